The molecule has 0 unspecified atom stereocenters. The van der Waals surface area contributed by atoms with Crippen LogP contribution in [0.15, 0.2) is 16.8 Å². The standard InChI is InChI=1S/C14H19NO2S/c1-9(10-4-5-18-8-10)7-15-14(16)12-6-11-2-3-13(12)17-11/h4-5,8-9,11-13H,2-3,6-7H2,1H3,(H,15,16)/t9-,11-,12-,13-/m1/s1. The van der Waals surface area contributed by atoms with Gasteiger partial charge in [-0.05, 0) is 47.6 Å². The zero-order valence-electron chi connectivity index (χ0n) is 10.6. The van der Waals surface area contributed by atoms with E-state index in [-0.39, 0.29) is 17.9 Å². The summed E-state index contributed by atoms with van der Waals surface area (Å²) in [6, 6.07) is 2.13. The minimum absolute atomic E-state index is 0.0958. The lowest BCUT2D eigenvalue weighted by molar-refractivity contribution is -0.126. The second-order valence-corrected chi connectivity index (χ2v) is 6.20. The molecule has 1 aromatic rings. The zero-order valence-corrected chi connectivity index (χ0v) is 11.4. The van der Waals surface area contributed by atoms with E-state index in [0.29, 0.717) is 12.0 Å². The lowest BCUT2D eigenvalue weighted by atomic mass is 9.88. The highest BCUT2D eigenvalue weighted by Gasteiger charge is 2.44. The van der Waals surface area contributed by atoms with Crippen LogP contribution in [0, 0.1) is 5.92 Å². The molecule has 4 atom stereocenters. The molecule has 2 aliphatic heterocycles. The number of rotatable bonds is 4. The van der Waals surface area contributed by atoms with Crippen molar-refractivity contribution in [3.63, 3.8) is 0 Å². The Morgan fingerprint density at radius 1 is 1.61 bits per heavy atom. The Bertz CT molecular complexity index is 417. The molecule has 1 amide bonds. The van der Waals surface area contributed by atoms with Crippen molar-refractivity contribution < 1.29 is 9.53 Å². The van der Waals surface area contributed by atoms with Gasteiger partial charge in [0.1, 0.15) is 0 Å². The van der Waals surface area contributed by atoms with Crippen LogP contribution in [0.4, 0.5) is 0 Å². The van der Waals surface area contributed by atoms with Gasteiger partial charge in [-0.1, -0.05) is 6.92 Å². The Kier molecular flexibility index (Phi) is 3.39. The molecular weight excluding hydrogens is 246 g/mol. The van der Waals surface area contributed by atoms with Crippen molar-refractivity contribution in [1.29, 1.82) is 0 Å². The van der Waals surface area contributed by atoms with Crippen molar-refractivity contribution >= 4 is 17.2 Å². The summed E-state index contributed by atoms with van der Waals surface area (Å²) in [5.74, 6) is 0.669. The number of hydrogen-bond acceptors (Lipinski definition) is 3. The van der Waals surface area contributed by atoms with Gasteiger partial charge in [0.15, 0.2) is 0 Å². The Balaban J connectivity index is 1.50. The van der Waals surface area contributed by atoms with Crippen molar-refractivity contribution in [2.75, 3.05) is 6.54 Å². The van der Waals surface area contributed by atoms with Crippen LogP contribution in [0.2, 0.25) is 0 Å². The van der Waals surface area contributed by atoms with E-state index in [9.17, 15) is 4.79 Å². The lowest BCUT2D eigenvalue weighted by Crippen LogP contribution is -2.37. The molecule has 2 bridgehead atoms. The number of fused-ring (bicyclic) bond motifs is 2. The molecule has 18 heavy (non-hydrogen) atoms. The highest BCUT2D eigenvalue weighted by atomic mass is 32.1. The average molecular weight is 265 g/mol. The van der Waals surface area contributed by atoms with Crippen LogP contribution in [0.3, 0.4) is 0 Å². The van der Waals surface area contributed by atoms with Gasteiger partial charge in [-0.3, -0.25) is 4.79 Å². The molecule has 2 aliphatic rings. The smallest absolute Gasteiger partial charge is 0.225 e. The third-order valence-corrected chi connectivity index (χ3v) is 4.84. The molecule has 1 N–H and O–H groups in total. The van der Waals surface area contributed by atoms with Gasteiger partial charge in [0.25, 0.3) is 0 Å². The van der Waals surface area contributed by atoms with E-state index in [1.165, 1.54) is 5.56 Å². The number of amides is 1. The van der Waals surface area contributed by atoms with Crippen LogP contribution in [-0.2, 0) is 9.53 Å². The first kappa shape index (κ1) is 12.2. The third kappa shape index (κ3) is 2.31. The predicted octanol–water partition coefficient (Wildman–Crippen LogP) is 2.54. The van der Waals surface area contributed by atoms with E-state index >= 15 is 0 Å². The maximum absolute atomic E-state index is 12.1. The first-order valence-corrected chi connectivity index (χ1v) is 7.63. The fraction of sp³-hybridized carbons (Fsp3) is 0.643. The third-order valence-electron chi connectivity index (χ3n) is 4.14. The molecule has 2 fully saturated rings. The Morgan fingerprint density at radius 2 is 2.50 bits per heavy atom. The van der Waals surface area contributed by atoms with Crippen molar-refractivity contribution in [2.24, 2.45) is 5.92 Å². The highest BCUT2D eigenvalue weighted by molar-refractivity contribution is 7.07. The van der Waals surface area contributed by atoms with Crippen LogP contribution in [0.5, 0.6) is 0 Å². The Hall–Kier alpha value is -0.870. The summed E-state index contributed by atoms with van der Waals surface area (Å²) in [6.07, 6.45) is 3.65. The molecule has 1 aromatic heterocycles. The topological polar surface area (TPSA) is 38.3 Å². The number of thiophene rings is 1. The van der Waals surface area contributed by atoms with E-state index in [2.05, 4.69) is 29.1 Å². The van der Waals surface area contributed by atoms with E-state index < -0.39 is 0 Å². The first-order valence-electron chi connectivity index (χ1n) is 6.69. The molecule has 0 radical (unpaired) electrons. The molecule has 3 heterocycles. The fourth-order valence-corrected chi connectivity index (χ4v) is 3.75. The summed E-state index contributed by atoms with van der Waals surface area (Å²) in [7, 11) is 0. The predicted molar refractivity (Wildman–Crippen MR) is 71.7 cm³/mol. The first-order chi connectivity index (χ1) is 8.74. The second-order valence-electron chi connectivity index (χ2n) is 5.42. The molecule has 2 saturated heterocycles. The van der Waals surface area contributed by atoms with E-state index in [4.69, 9.17) is 4.74 Å². The molecule has 0 saturated carbocycles. The molecule has 0 aliphatic carbocycles. The number of hydrogen-bond donors (Lipinski definition) is 1. The molecule has 98 valence electrons. The van der Waals surface area contributed by atoms with Gasteiger partial charge < -0.3 is 10.1 Å². The van der Waals surface area contributed by atoms with Crippen molar-refractivity contribution in [3.05, 3.63) is 22.4 Å². The molecule has 3 rings (SSSR count). The maximum Gasteiger partial charge on any atom is 0.225 e. The van der Waals surface area contributed by atoms with Crippen molar-refractivity contribution in [3.8, 4) is 0 Å². The van der Waals surface area contributed by atoms with Crippen molar-refractivity contribution in [1.82, 2.24) is 5.32 Å². The minimum Gasteiger partial charge on any atom is -0.374 e. The molecular formula is C14H19NO2S. The molecule has 0 aromatic carbocycles. The average Bonchev–Trinajstić information content (AvgIpc) is 3.09. The number of ether oxygens (including phenoxy) is 1. The van der Waals surface area contributed by atoms with Gasteiger partial charge in [-0.25, -0.2) is 0 Å². The summed E-state index contributed by atoms with van der Waals surface area (Å²) >= 11 is 1.70. The highest BCUT2D eigenvalue weighted by Crippen LogP contribution is 2.38. The molecule has 4 heteroatoms. The Morgan fingerprint density at radius 3 is 3.11 bits per heavy atom. The summed E-state index contributed by atoms with van der Waals surface area (Å²) in [5, 5.41) is 7.31. The van der Waals surface area contributed by atoms with Crippen LogP contribution in [0.25, 0.3) is 0 Å². The summed E-state index contributed by atoms with van der Waals surface area (Å²) in [4.78, 5) is 12.1. The van der Waals surface area contributed by atoms with Gasteiger partial charge >= 0.3 is 0 Å². The fourth-order valence-electron chi connectivity index (χ4n) is 2.97. The largest absolute Gasteiger partial charge is 0.374 e. The summed E-state index contributed by atoms with van der Waals surface area (Å²) in [6.45, 7) is 2.88. The van der Waals surface area contributed by atoms with Gasteiger partial charge in [-0.2, -0.15) is 11.3 Å². The Labute approximate surface area is 112 Å². The quantitative estimate of drug-likeness (QED) is 0.908. The van der Waals surface area contributed by atoms with Crippen LogP contribution >= 0.6 is 11.3 Å². The minimum atomic E-state index is 0.0958. The maximum atomic E-state index is 12.1. The van der Waals surface area contributed by atoms with Gasteiger partial charge in [0.05, 0.1) is 18.1 Å². The van der Waals surface area contributed by atoms with Crippen LogP contribution < -0.4 is 5.32 Å². The van der Waals surface area contributed by atoms with Crippen LogP contribution in [-0.4, -0.2) is 24.7 Å². The molecule has 0 spiro atoms. The number of carbonyl (C=O) groups excluding carboxylic acids is 1. The van der Waals surface area contributed by atoms with Gasteiger partial charge in [-0.15, -0.1) is 0 Å². The monoisotopic (exact) mass is 265 g/mol. The SMILES string of the molecule is C[C@H](CNC(=O)[C@@H]1C[C@H]2CC[C@H]1O2)c1ccsc1. The normalized spacial score (nSPS) is 31.5. The van der Waals surface area contributed by atoms with Crippen LogP contribution in [0.1, 0.15) is 37.7 Å². The number of carbonyl (C=O) groups is 1. The second kappa shape index (κ2) is 5.02. The lowest BCUT2D eigenvalue weighted by Gasteiger charge is -2.19. The summed E-state index contributed by atoms with van der Waals surface area (Å²) < 4.78 is 5.73. The van der Waals surface area contributed by atoms with E-state index in [1.807, 2.05) is 0 Å². The van der Waals surface area contributed by atoms with E-state index in [1.54, 1.807) is 11.3 Å². The van der Waals surface area contributed by atoms with Gasteiger partial charge in [0, 0.05) is 6.54 Å². The zero-order chi connectivity index (χ0) is 12.5. The van der Waals surface area contributed by atoms with Crippen molar-refractivity contribution in [2.45, 2.75) is 44.3 Å². The molecule has 3 nitrogen and oxygen atoms in total. The summed E-state index contributed by atoms with van der Waals surface area (Å²) in [5.41, 5.74) is 1.31. The number of nitrogens with one attached hydrogen (secondary N) is 1. The van der Waals surface area contributed by atoms with E-state index in [0.717, 1.165) is 25.8 Å². The van der Waals surface area contributed by atoms with Gasteiger partial charge in [0.2, 0.25) is 5.91 Å².